The summed E-state index contributed by atoms with van der Waals surface area (Å²) in [6.07, 6.45) is 4.75. The van der Waals surface area contributed by atoms with Crippen molar-refractivity contribution in [2.75, 3.05) is 63.8 Å². The van der Waals surface area contributed by atoms with E-state index in [-0.39, 0.29) is 49.2 Å². The molecule has 4 amide bonds. The number of nitrogens with one attached hydrogen (secondary N) is 4. The standard InChI is InChI=1S/C25H43N4O9PS/c30-20(4-2-1-3-19-24-18(17-40-19)28-25(36)29-24)26-8-10-37-12-13-38-11-9-27-21(31)5-14-39(15-6-22(32)33)16-7-23(34)35/h18-19,24H,1-17H2,(H,26,30)(H,27,31)(H,32,33)(H,34,35)(H2,28,29,36). The highest BCUT2D eigenvalue weighted by Crippen LogP contribution is 2.37. The van der Waals surface area contributed by atoms with Gasteiger partial charge in [0.15, 0.2) is 0 Å². The van der Waals surface area contributed by atoms with Crippen LogP contribution in [0.15, 0.2) is 0 Å². The lowest BCUT2D eigenvalue weighted by molar-refractivity contribution is -0.137. The van der Waals surface area contributed by atoms with Gasteiger partial charge in [0.1, 0.15) is 0 Å². The number of urea groups is 1. The van der Waals surface area contributed by atoms with Crippen molar-refractivity contribution in [3.63, 3.8) is 0 Å². The van der Waals surface area contributed by atoms with Crippen LogP contribution in [0.25, 0.3) is 0 Å². The minimum atomic E-state index is -0.919. The zero-order chi connectivity index (χ0) is 29.2. The molecule has 2 saturated heterocycles. The van der Waals surface area contributed by atoms with Gasteiger partial charge in [-0.05, 0) is 31.3 Å². The molecule has 0 radical (unpaired) electrons. The Morgan fingerprint density at radius 2 is 1.40 bits per heavy atom. The van der Waals surface area contributed by atoms with Crippen molar-refractivity contribution < 1.29 is 43.7 Å². The van der Waals surface area contributed by atoms with E-state index in [0.717, 1.165) is 25.0 Å². The van der Waals surface area contributed by atoms with Crippen LogP contribution in [0.1, 0.15) is 44.9 Å². The zero-order valence-electron chi connectivity index (χ0n) is 22.9. The molecule has 13 nitrogen and oxygen atoms in total. The van der Waals surface area contributed by atoms with E-state index in [1.54, 1.807) is 0 Å². The summed E-state index contributed by atoms with van der Waals surface area (Å²) in [5.74, 6) is -1.07. The first kappa shape index (κ1) is 34.1. The van der Waals surface area contributed by atoms with Gasteiger partial charge in [-0.15, -0.1) is 7.92 Å². The fraction of sp³-hybridized carbons (Fsp3) is 0.800. The molecule has 15 heteroatoms. The fourth-order valence-corrected chi connectivity index (χ4v) is 8.15. The number of ether oxygens (including phenoxy) is 2. The minimum Gasteiger partial charge on any atom is -0.481 e. The molecule has 3 unspecified atom stereocenters. The summed E-state index contributed by atoms with van der Waals surface area (Å²) in [5, 5.41) is 29.6. The molecule has 0 aromatic carbocycles. The first-order valence-corrected chi connectivity index (χ1v) is 16.7. The number of amides is 4. The van der Waals surface area contributed by atoms with Crippen LogP contribution in [0, 0.1) is 0 Å². The molecule has 2 aliphatic rings. The van der Waals surface area contributed by atoms with Crippen LogP contribution in [-0.2, 0) is 28.7 Å². The van der Waals surface area contributed by atoms with Gasteiger partial charge in [-0.3, -0.25) is 19.2 Å². The SMILES string of the molecule is O=C(O)CCP(CCC(=O)O)CCC(=O)NCCOCCOCCNC(=O)CCCCC1SCC2NC(=O)NC21. The highest BCUT2D eigenvalue weighted by Gasteiger charge is 2.42. The maximum Gasteiger partial charge on any atom is 0.315 e. The number of carbonyl (C=O) groups is 5. The van der Waals surface area contributed by atoms with E-state index >= 15 is 0 Å². The summed E-state index contributed by atoms with van der Waals surface area (Å²) in [6.45, 7) is 2.19. The van der Waals surface area contributed by atoms with Crippen LogP contribution in [0.2, 0.25) is 0 Å². The highest BCUT2D eigenvalue weighted by molar-refractivity contribution is 8.00. The maximum absolute atomic E-state index is 12.0. The Hall–Kier alpha value is -2.15. The number of aliphatic carboxylic acids is 2. The second-order valence-corrected chi connectivity index (χ2v) is 13.6. The van der Waals surface area contributed by atoms with Gasteiger partial charge in [0.05, 0.1) is 38.5 Å². The Labute approximate surface area is 240 Å². The Balaban J connectivity index is 1.36. The molecule has 2 rings (SSSR count). The first-order chi connectivity index (χ1) is 19.2. The zero-order valence-corrected chi connectivity index (χ0v) is 24.6. The molecule has 0 spiro atoms. The Kier molecular flexibility index (Phi) is 16.9. The van der Waals surface area contributed by atoms with Gasteiger partial charge in [0.2, 0.25) is 11.8 Å². The normalized spacial score (nSPS) is 19.6. The van der Waals surface area contributed by atoms with E-state index in [1.165, 1.54) is 0 Å². The van der Waals surface area contributed by atoms with E-state index in [1.807, 2.05) is 11.8 Å². The summed E-state index contributed by atoms with van der Waals surface area (Å²) in [6, 6.07) is 0.347. The van der Waals surface area contributed by atoms with Gasteiger partial charge < -0.3 is 41.0 Å². The number of carbonyl (C=O) groups excluding carboxylic acids is 3. The van der Waals surface area contributed by atoms with Crippen molar-refractivity contribution >= 4 is 49.5 Å². The van der Waals surface area contributed by atoms with Crippen LogP contribution >= 0.6 is 19.7 Å². The second-order valence-electron chi connectivity index (χ2n) is 9.67. The van der Waals surface area contributed by atoms with Crippen molar-refractivity contribution in [2.45, 2.75) is 62.3 Å². The average molecular weight is 607 g/mol. The molecule has 2 fully saturated rings. The third-order valence-corrected chi connectivity index (χ3v) is 10.6. The van der Waals surface area contributed by atoms with Crippen LogP contribution in [0.3, 0.4) is 0 Å². The smallest absolute Gasteiger partial charge is 0.315 e. The topological polar surface area (TPSA) is 192 Å². The second kappa shape index (κ2) is 19.8. The number of fused-ring (bicyclic) bond motifs is 1. The molecular weight excluding hydrogens is 563 g/mol. The maximum atomic E-state index is 12.0. The van der Waals surface area contributed by atoms with Crippen molar-refractivity contribution in [2.24, 2.45) is 0 Å². The quantitative estimate of drug-likeness (QED) is 0.0551. The minimum absolute atomic E-state index is 0.000264. The van der Waals surface area contributed by atoms with Crippen molar-refractivity contribution in [3.05, 3.63) is 0 Å². The monoisotopic (exact) mass is 606 g/mol. The summed E-state index contributed by atoms with van der Waals surface area (Å²) >= 11 is 1.88. The van der Waals surface area contributed by atoms with Crippen LogP contribution in [0.5, 0.6) is 0 Å². The number of hydrogen-bond donors (Lipinski definition) is 6. The Bertz CT molecular complexity index is 820. The van der Waals surface area contributed by atoms with Gasteiger partial charge >= 0.3 is 18.0 Å². The summed E-state index contributed by atoms with van der Waals surface area (Å²) < 4.78 is 10.9. The predicted molar refractivity (Wildman–Crippen MR) is 152 cm³/mol. The number of thioether (sulfide) groups is 1. The number of hydrogen-bond acceptors (Lipinski definition) is 8. The molecule has 0 bridgehead atoms. The van der Waals surface area contributed by atoms with Gasteiger partial charge in [-0.2, -0.15) is 11.8 Å². The fourth-order valence-electron chi connectivity index (χ4n) is 4.40. The summed E-state index contributed by atoms with van der Waals surface area (Å²) in [7, 11) is -0.814. The van der Waals surface area contributed by atoms with Crippen molar-refractivity contribution in [1.82, 2.24) is 21.3 Å². The predicted octanol–water partition coefficient (Wildman–Crippen LogP) is 0.799. The molecule has 6 N–H and O–H groups in total. The summed E-state index contributed by atoms with van der Waals surface area (Å²) in [5.41, 5.74) is 0. The first-order valence-electron chi connectivity index (χ1n) is 13.8. The third-order valence-electron chi connectivity index (χ3n) is 6.53. The van der Waals surface area contributed by atoms with Crippen LogP contribution < -0.4 is 21.3 Å². The largest absolute Gasteiger partial charge is 0.481 e. The Morgan fingerprint density at radius 3 is 2.00 bits per heavy atom. The highest BCUT2D eigenvalue weighted by atomic mass is 32.2. The molecule has 40 heavy (non-hydrogen) atoms. The van der Waals surface area contributed by atoms with Gasteiger partial charge in [0.25, 0.3) is 0 Å². The third kappa shape index (κ3) is 15.0. The van der Waals surface area contributed by atoms with E-state index in [9.17, 15) is 24.0 Å². The molecule has 228 valence electrons. The summed E-state index contributed by atoms with van der Waals surface area (Å²) in [4.78, 5) is 57.0. The van der Waals surface area contributed by atoms with Gasteiger partial charge in [-0.25, -0.2) is 4.79 Å². The molecular formula is C25H43N4O9PS. The Morgan fingerprint density at radius 1 is 0.825 bits per heavy atom. The van der Waals surface area contributed by atoms with E-state index in [0.29, 0.717) is 69.7 Å². The van der Waals surface area contributed by atoms with Gasteiger partial charge in [0, 0.05) is 49.8 Å². The lowest BCUT2D eigenvalue weighted by Gasteiger charge is -2.16. The molecule has 3 atom stereocenters. The lowest BCUT2D eigenvalue weighted by atomic mass is 10.0. The van der Waals surface area contributed by atoms with E-state index in [4.69, 9.17) is 19.7 Å². The van der Waals surface area contributed by atoms with Crippen LogP contribution in [-0.4, -0.2) is 121 Å². The molecule has 0 saturated carbocycles. The van der Waals surface area contributed by atoms with Crippen molar-refractivity contribution in [3.8, 4) is 0 Å². The molecule has 2 aliphatic heterocycles. The molecule has 2 heterocycles. The number of carboxylic acid groups (broad SMARTS) is 2. The van der Waals surface area contributed by atoms with E-state index < -0.39 is 19.9 Å². The number of rotatable bonds is 23. The number of unbranched alkanes of at least 4 members (excludes halogenated alkanes) is 1. The van der Waals surface area contributed by atoms with Crippen LogP contribution in [0.4, 0.5) is 4.79 Å². The molecule has 0 aromatic heterocycles. The lowest BCUT2D eigenvalue weighted by Crippen LogP contribution is -2.36. The van der Waals surface area contributed by atoms with Crippen molar-refractivity contribution in [1.29, 1.82) is 0 Å². The average Bonchev–Trinajstić information content (AvgIpc) is 3.46. The molecule has 0 aliphatic carbocycles. The van der Waals surface area contributed by atoms with Gasteiger partial charge in [-0.1, -0.05) is 6.42 Å². The number of carboxylic acids is 2. The van der Waals surface area contributed by atoms with E-state index in [2.05, 4.69) is 21.3 Å². The molecule has 0 aromatic rings.